The summed E-state index contributed by atoms with van der Waals surface area (Å²) in [5.41, 5.74) is 2.20. The van der Waals surface area contributed by atoms with E-state index >= 15 is 0 Å². The summed E-state index contributed by atoms with van der Waals surface area (Å²) in [4.78, 5) is 14.5. The molecule has 1 fully saturated rings. The van der Waals surface area contributed by atoms with Crippen LogP contribution in [0.25, 0.3) is 0 Å². The lowest BCUT2D eigenvalue weighted by molar-refractivity contribution is -0.132. The second-order valence-corrected chi connectivity index (χ2v) is 5.86. The number of amides is 1. The second-order valence-electron chi connectivity index (χ2n) is 5.86. The lowest BCUT2D eigenvalue weighted by Gasteiger charge is -2.25. The molecule has 2 heterocycles. The van der Waals surface area contributed by atoms with Crippen LogP contribution < -0.4 is 0 Å². The summed E-state index contributed by atoms with van der Waals surface area (Å²) >= 11 is 0. The van der Waals surface area contributed by atoms with E-state index in [0.717, 1.165) is 36.9 Å². The van der Waals surface area contributed by atoms with Crippen molar-refractivity contribution in [3.05, 3.63) is 47.8 Å². The van der Waals surface area contributed by atoms with Gasteiger partial charge in [-0.05, 0) is 42.5 Å². The van der Waals surface area contributed by atoms with Crippen molar-refractivity contribution in [3.63, 3.8) is 0 Å². The molecular weight excluding hydrogens is 278 g/mol. The number of hydrogen-bond donors (Lipinski definition) is 1. The van der Waals surface area contributed by atoms with E-state index in [1.807, 2.05) is 36.5 Å². The van der Waals surface area contributed by atoms with Gasteiger partial charge in [0.15, 0.2) is 0 Å². The number of hydrogen-bond acceptors (Lipinski definition) is 3. The SMILES string of the molecule is Cn1cc(CCC(=O)N2CCC[C@@H]2c2ccc(O)cc2)cn1. The number of carbonyl (C=O) groups is 1. The van der Waals surface area contributed by atoms with Crippen LogP contribution in [-0.2, 0) is 18.3 Å². The molecule has 0 spiro atoms. The van der Waals surface area contributed by atoms with Crippen LogP contribution in [-0.4, -0.2) is 32.2 Å². The number of benzene rings is 1. The average Bonchev–Trinajstić information content (AvgIpc) is 3.14. The number of aryl methyl sites for hydroxylation is 2. The molecule has 1 aliphatic rings. The van der Waals surface area contributed by atoms with Gasteiger partial charge in [-0.1, -0.05) is 12.1 Å². The normalized spacial score (nSPS) is 17.9. The van der Waals surface area contributed by atoms with Crippen LogP contribution in [0.5, 0.6) is 5.75 Å². The zero-order chi connectivity index (χ0) is 15.5. The Morgan fingerprint density at radius 1 is 1.36 bits per heavy atom. The van der Waals surface area contributed by atoms with Crippen LogP contribution in [0.3, 0.4) is 0 Å². The Kier molecular flexibility index (Phi) is 4.13. The van der Waals surface area contributed by atoms with E-state index in [0.29, 0.717) is 6.42 Å². The second kappa shape index (κ2) is 6.22. The van der Waals surface area contributed by atoms with Crippen molar-refractivity contribution in [2.24, 2.45) is 7.05 Å². The third-order valence-electron chi connectivity index (χ3n) is 4.24. The number of likely N-dealkylation sites (tertiary alicyclic amines) is 1. The highest BCUT2D eigenvalue weighted by Gasteiger charge is 2.29. The molecule has 1 atom stereocenters. The van der Waals surface area contributed by atoms with E-state index < -0.39 is 0 Å². The Morgan fingerprint density at radius 2 is 2.14 bits per heavy atom. The van der Waals surface area contributed by atoms with Crippen LogP contribution >= 0.6 is 0 Å². The summed E-state index contributed by atoms with van der Waals surface area (Å²) in [5.74, 6) is 0.454. The summed E-state index contributed by atoms with van der Waals surface area (Å²) in [7, 11) is 1.88. The largest absolute Gasteiger partial charge is 0.508 e. The summed E-state index contributed by atoms with van der Waals surface area (Å²) in [5, 5.41) is 13.5. The van der Waals surface area contributed by atoms with Crippen LogP contribution in [0.1, 0.15) is 36.4 Å². The van der Waals surface area contributed by atoms with E-state index in [4.69, 9.17) is 0 Å². The molecule has 0 saturated carbocycles. The molecule has 1 amide bonds. The molecule has 0 unspecified atom stereocenters. The molecule has 5 heteroatoms. The maximum Gasteiger partial charge on any atom is 0.223 e. The standard InChI is InChI=1S/C17H21N3O2/c1-19-12-13(11-18-19)4-9-17(22)20-10-2-3-16(20)14-5-7-15(21)8-6-14/h5-8,11-12,16,21H,2-4,9-10H2,1H3/t16-/m1/s1. The van der Waals surface area contributed by atoms with E-state index in [9.17, 15) is 9.90 Å². The molecule has 1 aromatic carbocycles. The Morgan fingerprint density at radius 3 is 2.82 bits per heavy atom. The Bertz CT molecular complexity index is 648. The third kappa shape index (κ3) is 3.13. The first-order valence-electron chi connectivity index (χ1n) is 7.69. The molecule has 0 bridgehead atoms. The Labute approximate surface area is 130 Å². The Balaban J connectivity index is 1.64. The number of carbonyl (C=O) groups excluding carboxylic acids is 1. The average molecular weight is 299 g/mol. The molecule has 3 rings (SSSR count). The first-order valence-corrected chi connectivity index (χ1v) is 7.69. The van der Waals surface area contributed by atoms with Crippen LogP contribution in [0.15, 0.2) is 36.7 Å². The molecule has 116 valence electrons. The summed E-state index contributed by atoms with van der Waals surface area (Å²) < 4.78 is 1.76. The van der Waals surface area contributed by atoms with E-state index in [-0.39, 0.29) is 17.7 Å². The van der Waals surface area contributed by atoms with Gasteiger partial charge in [0.2, 0.25) is 5.91 Å². The maximum absolute atomic E-state index is 12.5. The number of phenols is 1. The van der Waals surface area contributed by atoms with E-state index in [1.165, 1.54) is 0 Å². The molecule has 0 radical (unpaired) electrons. The molecule has 1 N–H and O–H groups in total. The van der Waals surface area contributed by atoms with Crippen molar-refractivity contribution in [1.29, 1.82) is 0 Å². The van der Waals surface area contributed by atoms with Gasteiger partial charge in [-0.15, -0.1) is 0 Å². The summed E-state index contributed by atoms with van der Waals surface area (Å²) in [6, 6.07) is 7.33. The number of nitrogens with zero attached hydrogens (tertiary/aromatic N) is 3. The number of phenolic OH excluding ortho intramolecular Hbond substituents is 1. The topological polar surface area (TPSA) is 58.4 Å². The van der Waals surface area contributed by atoms with Crippen LogP contribution in [0.2, 0.25) is 0 Å². The minimum atomic E-state index is 0.141. The lowest BCUT2D eigenvalue weighted by atomic mass is 10.0. The van der Waals surface area contributed by atoms with E-state index in [2.05, 4.69) is 5.10 Å². The maximum atomic E-state index is 12.5. The van der Waals surface area contributed by atoms with Gasteiger partial charge in [0.25, 0.3) is 0 Å². The molecule has 0 aliphatic carbocycles. The fraction of sp³-hybridized carbons (Fsp3) is 0.412. The van der Waals surface area contributed by atoms with Gasteiger partial charge in [-0.3, -0.25) is 9.48 Å². The fourth-order valence-electron chi connectivity index (χ4n) is 3.10. The van der Waals surface area contributed by atoms with Crippen molar-refractivity contribution in [2.75, 3.05) is 6.54 Å². The van der Waals surface area contributed by atoms with Crippen LogP contribution in [0, 0.1) is 0 Å². The highest BCUT2D eigenvalue weighted by Crippen LogP contribution is 2.33. The quantitative estimate of drug-likeness (QED) is 0.943. The first kappa shape index (κ1) is 14.6. The number of aromatic hydroxyl groups is 1. The van der Waals surface area contributed by atoms with Gasteiger partial charge in [0.1, 0.15) is 5.75 Å². The van der Waals surface area contributed by atoms with Gasteiger partial charge in [-0.2, -0.15) is 5.10 Å². The first-order chi connectivity index (χ1) is 10.6. The number of rotatable bonds is 4. The van der Waals surface area contributed by atoms with Gasteiger partial charge >= 0.3 is 0 Å². The molecule has 1 aromatic heterocycles. The molecule has 2 aromatic rings. The van der Waals surface area contributed by atoms with Crippen molar-refractivity contribution < 1.29 is 9.90 Å². The Hall–Kier alpha value is -2.30. The zero-order valence-corrected chi connectivity index (χ0v) is 12.8. The van der Waals surface area contributed by atoms with Crippen molar-refractivity contribution in [3.8, 4) is 5.75 Å². The summed E-state index contributed by atoms with van der Waals surface area (Å²) in [6.45, 7) is 0.817. The lowest BCUT2D eigenvalue weighted by Crippen LogP contribution is -2.30. The number of aromatic nitrogens is 2. The van der Waals surface area contributed by atoms with Gasteiger partial charge < -0.3 is 10.0 Å². The zero-order valence-electron chi connectivity index (χ0n) is 12.8. The van der Waals surface area contributed by atoms with Crippen molar-refractivity contribution in [2.45, 2.75) is 31.7 Å². The molecule has 22 heavy (non-hydrogen) atoms. The van der Waals surface area contributed by atoms with Crippen molar-refractivity contribution in [1.82, 2.24) is 14.7 Å². The fourth-order valence-corrected chi connectivity index (χ4v) is 3.10. The summed E-state index contributed by atoms with van der Waals surface area (Å²) in [6.07, 6.45) is 7.03. The van der Waals surface area contributed by atoms with Gasteiger partial charge in [0, 0.05) is 26.2 Å². The predicted molar refractivity (Wildman–Crippen MR) is 83.3 cm³/mol. The monoisotopic (exact) mass is 299 g/mol. The molecule has 5 nitrogen and oxygen atoms in total. The minimum absolute atomic E-state index is 0.141. The molecular formula is C17H21N3O2. The van der Waals surface area contributed by atoms with E-state index in [1.54, 1.807) is 16.8 Å². The smallest absolute Gasteiger partial charge is 0.223 e. The third-order valence-corrected chi connectivity index (χ3v) is 4.24. The molecule has 1 saturated heterocycles. The highest BCUT2D eigenvalue weighted by molar-refractivity contribution is 5.77. The van der Waals surface area contributed by atoms with Gasteiger partial charge in [0.05, 0.1) is 12.2 Å². The van der Waals surface area contributed by atoms with Gasteiger partial charge in [-0.25, -0.2) is 0 Å². The predicted octanol–water partition coefficient (Wildman–Crippen LogP) is 2.42. The highest BCUT2D eigenvalue weighted by atomic mass is 16.3. The van der Waals surface area contributed by atoms with Crippen LogP contribution in [0.4, 0.5) is 0 Å². The minimum Gasteiger partial charge on any atom is -0.508 e. The van der Waals surface area contributed by atoms with Crippen molar-refractivity contribution >= 4 is 5.91 Å². The molecule has 1 aliphatic heterocycles.